The highest BCUT2D eigenvalue weighted by molar-refractivity contribution is 5.85. The summed E-state index contributed by atoms with van der Waals surface area (Å²) in [7, 11) is 0. The van der Waals surface area contributed by atoms with Crippen LogP contribution in [0.25, 0.3) is 10.9 Å². The van der Waals surface area contributed by atoms with Gasteiger partial charge in [-0.05, 0) is 85.5 Å². The molecule has 0 aliphatic carbocycles. The molecule has 0 bridgehead atoms. The molecule has 0 aliphatic heterocycles. The minimum Gasteiger partial charge on any atom is -0.468 e. The molecule has 9 nitrogen and oxygen atoms in total. The number of H-pyrrole nitrogens is 1. The molecule has 4 heterocycles. The van der Waals surface area contributed by atoms with Gasteiger partial charge < -0.3 is 9.40 Å². The molecule has 4 aromatic heterocycles. The van der Waals surface area contributed by atoms with Gasteiger partial charge in [-0.25, -0.2) is 4.68 Å². The van der Waals surface area contributed by atoms with Crippen LogP contribution in [0.15, 0.2) is 70.3 Å². The van der Waals surface area contributed by atoms with E-state index in [-0.39, 0.29) is 11.1 Å². The molecule has 1 atom stereocenters. The van der Waals surface area contributed by atoms with Crippen LogP contribution in [0, 0.1) is 13.8 Å². The Balaban J connectivity index is 1.76. The first kappa shape index (κ1) is 25.5. The summed E-state index contributed by atoms with van der Waals surface area (Å²) in [6.07, 6.45) is 6.06. The average Bonchev–Trinajstić information content (AvgIpc) is 3.61. The van der Waals surface area contributed by atoms with E-state index >= 15 is 0 Å². The molecule has 1 aromatic carbocycles. The lowest BCUT2D eigenvalue weighted by molar-refractivity contribution is 0.168. The largest absolute Gasteiger partial charge is 0.468 e. The Kier molecular flexibility index (Phi) is 6.94. The molecular formula is C29H33N7O2. The molecule has 196 valence electrons. The summed E-state index contributed by atoms with van der Waals surface area (Å²) in [6, 6.07) is 13.3. The van der Waals surface area contributed by atoms with Gasteiger partial charge in [0, 0.05) is 29.9 Å². The highest BCUT2D eigenvalue weighted by atomic mass is 16.3. The maximum absolute atomic E-state index is 13.8. The molecular weight excluding hydrogens is 478 g/mol. The maximum Gasteiger partial charge on any atom is 0.253 e. The zero-order valence-electron chi connectivity index (χ0n) is 22.5. The fourth-order valence-electron chi connectivity index (χ4n) is 4.81. The Morgan fingerprint density at radius 3 is 2.63 bits per heavy atom. The number of furan rings is 1. The summed E-state index contributed by atoms with van der Waals surface area (Å²) in [5.41, 5.74) is 3.99. The van der Waals surface area contributed by atoms with Crippen LogP contribution in [0.1, 0.15) is 67.1 Å². The SMILES string of the molecule is CCC(C)(C)n1nnnc1[C@H](c1cc2c(C)ccc(C)c2[nH]c1=O)N(Cc1cccnc1)Cc1ccco1. The van der Waals surface area contributed by atoms with E-state index in [0.29, 0.717) is 24.5 Å². The van der Waals surface area contributed by atoms with Gasteiger partial charge in [0.2, 0.25) is 0 Å². The third-order valence-corrected chi connectivity index (χ3v) is 7.36. The predicted molar refractivity (Wildman–Crippen MR) is 146 cm³/mol. The molecule has 0 saturated carbocycles. The first-order chi connectivity index (χ1) is 18.3. The summed E-state index contributed by atoms with van der Waals surface area (Å²) in [5, 5.41) is 14.0. The summed E-state index contributed by atoms with van der Waals surface area (Å²) in [4.78, 5) is 23.5. The highest BCUT2D eigenvalue weighted by Crippen LogP contribution is 2.33. The van der Waals surface area contributed by atoms with Crippen LogP contribution in [-0.4, -0.2) is 35.1 Å². The number of nitrogens with one attached hydrogen (secondary N) is 1. The maximum atomic E-state index is 13.8. The van der Waals surface area contributed by atoms with Crippen LogP contribution in [0.4, 0.5) is 0 Å². The summed E-state index contributed by atoms with van der Waals surface area (Å²) < 4.78 is 7.61. The number of aromatic nitrogens is 6. The average molecular weight is 512 g/mol. The van der Waals surface area contributed by atoms with Gasteiger partial charge in [-0.2, -0.15) is 0 Å². The van der Waals surface area contributed by atoms with E-state index in [9.17, 15) is 4.79 Å². The minimum atomic E-state index is -0.561. The number of hydrogen-bond acceptors (Lipinski definition) is 7. The normalized spacial score (nSPS) is 12.9. The Morgan fingerprint density at radius 2 is 1.92 bits per heavy atom. The number of benzene rings is 1. The molecule has 1 N–H and O–H groups in total. The first-order valence-corrected chi connectivity index (χ1v) is 12.9. The Bertz CT molecular complexity index is 1590. The van der Waals surface area contributed by atoms with Gasteiger partial charge in [-0.1, -0.05) is 25.1 Å². The molecule has 0 saturated heterocycles. The Labute approximate surface area is 221 Å². The number of hydrogen-bond donors (Lipinski definition) is 1. The number of tetrazole rings is 1. The van der Waals surface area contributed by atoms with Crippen molar-refractivity contribution in [3.05, 3.63) is 105 Å². The fourth-order valence-corrected chi connectivity index (χ4v) is 4.81. The third-order valence-electron chi connectivity index (χ3n) is 7.36. The number of pyridine rings is 2. The van der Waals surface area contributed by atoms with Gasteiger partial charge in [0.1, 0.15) is 11.8 Å². The number of aryl methyl sites for hydroxylation is 2. The zero-order valence-corrected chi connectivity index (χ0v) is 22.5. The molecule has 0 aliphatic rings. The smallest absolute Gasteiger partial charge is 0.253 e. The standard InChI is InChI=1S/C29H33N7O2/c1-6-29(4,5)36-27(32-33-34-36)26(24-15-23-19(2)11-12-20(3)25(23)31-28(24)37)35(18-22-10-8-14-38-22)17-21-9-7-13-30-16-21/h7-16,26H,6,17-18H2,1-5H3,(H,31,37)/t26-/m0/s1. The van der Waals surface area contributed by atoms with Crippen LogP contribution >= 0.6 is 0 Å². The third kappa shape index (κ3) is 4.89. The van der Waals surface area contributed by atoms with Crippen molar-refractivity contribution in [1.82, 2.24) is 35.1 Å². The van der Waals surface area contributed by atoms with Crippen LogP contribution in [0.3, 0.4) is 0 Å². The van der Waals surface area contributed by atoms with Crippen molar-refractivity contribution >= 4 is 10.9 Å². The van der Waals surface area contributed by atoms with Gasteiger partial charge in [0.25, 0.3) is 5.56 Å². The summed E-state index contributed by atoms with van der Waals surface area (Å²) in [6.45, 7) is 11.3. The van der Waals surface area contributed by atoms with E-state index in [2.05, 4.69) is 64.2 Å². The second-order valence-electron chi connectivity index (χ2n) is 10.4. The van der Waals surface area contributed by atoms with E-state index < -0.39 is 6.04 Å². The van der Waals surface area contributed by atoms with Crippen LogP contribution < -0.4 is 5.56 Å². The monoisotopic (exact) mass is 511 g/mol. The van der Waals surface area contributed by atoms with Crippen molar-refractivity contribution in [3.63, 3.8) is 0 Å². The van der Waals surface area contributed by atoms with E-state index in [1.807, 2.05) is 54.2 Å². The van der Waals surface area contributed by atoms with Crippen LogP contribution in [0.2, 0.25) is 0 Å². The van der Waals surface area contributed by atoms with Gasteiger partial charge in [-0.3, -0.25) is 14.7 Å². The zero-order chi connectivity index (χ0) is 26.9. The van der Waals surface area contributed by atoms with Crippen LogP contribution in [-0.2, 0) is 18.6 Å². The topological polar surface area (TPSA) is 106 Å². The van der Waals surface area contributed by atoms with E-state index in [1.54, 1.807) is 12.5 Å². The van der Waals surface area contributed by atoms with Crippen molar-refractivity contribution in [1.29, 1.82) is 0 Å². The highest BCUT2D eigenvalue weighted by Gasteiger charge is 2.35. The summed E-state index contributed by atoms with van der Waals surface area (Å²) >= 11 is 0. The lowest BCUT2D eigenvalue weighted by Gasteiger charge is -2.33. The van der Waals surface area contributed by atoms with Gasteiger partial charge in [0.15, 0.2) is 5.82 Å². The summed E-state index contributed by atoms with van der Waals surface area (Å²) in [5.74, 6) is 1.37. The quantitative estimate of drug-likeness (QED) is 0.295. The van der Waals surface area contributed by atoms with E-state index in [0.717, 1.165) is 39.8 Å². The molecule has 0 unspecified atom stereocenters. The second-order valence-corrected chi connectivity index (χ2v) is 10.4. The molecule has 5 rings (SSSR count). The number of fused-ring (bicyclic) bond motifs is 1. The van der Waals surface area contributed by atoms with Gasteiger partial charge in [0.05, 0.1) is 23.9 Å². The van der Waals surface area contributed by atoms with Gasteiger partial charge >= 0.3 is 0 Å². The van der Waals surface area contributed by atoms with E-state index in [1.165, 1.54) is 0 Å². The molecule has 0 radical (unpaired) electrons. The molecule has 38 heavy (non-hydrogen) atoms. The molecule has 9 heteroatoms. The van der Waals surface area contributed by atoms with Crippen LogP contribution in [0.5, 0.6) is 0 Å². The fraction of sp³-hybridized carbons (Fsp3) is 0.345. The lowest BCUT2D eigenvalue weighted by atomic mass is 9.97. The second kappa shape index (κ2) is 10.3. The van der Waals surface area contributed by atoms with E-state index in [4.69, 9.17) is 4.42 Å². The van der Waals surface area contributed by atoms with Crippen molar-refractivity contribution in [2.24, 2.45) is 0 Å². The molecule has 0 amide bonds. The Morgan fingerprint density at radius 1 is 1.11 bits per heavy atom. The number of rotatable bonds is 9. The predicted octanol–water partition coefficient (Wildman–Crippen LogP) is 5.06. The Hall–Kier alpha value is -4.11. The van der Waals surface area contributed by atoms with Crippen molar-refractivity contribution in [2.45, 2.75) is 65.7 Å². The van der Waals surface area contributed by atoms with Crippen molar-refractivity contribution in [2.75, 3.05) is 0 Å². The van der Waals surface area contributed by atoms with Crippen molar-refractivity contribution in [3.8, 4) is 0 Å². The molecule has 0 spiro atoms. The molecule has 0 fully saturated rings. The van der Waals surface area contributed by atoms with Gasteiger partial charge in [-0.15, -0.1) is 5.10 Å². The number of nitrogens with zero attached hydrogens (tertiary/aromatic N) is 6. The minimum absolute atomic E-state index is 0.171. The lowest BCUT2D eigenvalue weighted by Crippen LogP contribution is -2.38. The van der Waals surface area contributed by atoms with Crippen molar-refractivity contribution < 1.29 is 4.42 Å². The number of aromatic amines is 1. The molecule has 5 aromatic rings. The first-order valence-electron chi connectivity index (χ1n) is 12.9.